The number of fused-ring (bicyclic) bond motifs is 1. The standard InChI is InChI=1S/C15H24N4O/c1-3-15(4-2)6-9-19(11-15)14(20)17-12-5-8-18-10-7-16-13(12)18/h7,10,12H,3-6,8-9,11H2,1-2H3,(H,17,20)/t12-/m0/s1. The summed E-state index contributed by atoms with van der Waals surface area (Å²) in [5.41, 5.74) is 0.339. The highest BCUT2D eigenvalue weighted by Crippen LogP contribution is 2.37. The van der Waals surface area contributed by atoms with Crippen molar-refractivity contribution in [1.82, 2.24) is 19.8 Å². The average molecular weight is 276 g/mol. The molecule has 0 saturated carbocycles. The number of aryl methyl sites for hydroxylation is 1. The lowest BCUT2D eigenvalue weighted by Gasteiger charge is -2.27. The molecule has 2 aliphatic rings. The Hall–Kier alpha value is -1.52. The molecule has 3 heterocycles. The van der Waals surface area contributed by atoms with E-state index >= 15 is 0 Å². The molecular weight excluding hydrogens is 252 g/mol. The second kappa shape index (κ2) is 5.11. The van der Waals surface area contributed by atoms with Crippen molar-refractivity contribution in [1.29, 1.82) is 0 Å². The van der Waals surface area contributed by atoms with Crippen molar-refractivity contribution in [3.8, 4) is 0 Å². The van der Waals surface area contributed by atoms with Gasteiger partial charge in [-0.15, -0.1) is 0 Å². The third-order valence-electron chi connectivity index (χ3n) is 5.24. The fourth-order valence-corrected chi connectivity index (χ4v) is 3.53. The Morgan fingerprint density at radius 3 is 2.95 bits per heavy atom. The number of amides is 2. The largest absolute Gasteiger partial charge is 0.333 e. The van der Waals surface area contributed by atoms with Crippen molar-refractivity contribution in [2.45, 2.75) is 52.1 Å². The van der Waals surface area contributed by atoms with Gasteiger partial charge >= 0.3 is 6.03 Å². The average Bonchev–Trinajstić information content (AvgIpc) is 3.15. The summed E-state index contributed by atoms with van der Waals surface area (Å²) in [6, 6.07) is 0.158. The van der Waals surface area contributed by atoms with Gasteiger partial charge in [0.15, 0.2) is 0 Å². The minimum Gasteiger partial charge on any atom is -0.333 e. The zero-order valence-corrected chi connectivity index (χ0v) is 12.4. The number of likely N-dealkylation sites (tertiary alicyclic amines) is 1. The van der Waals surface area contributed by atoms with E-state index in [1.54, 1.807) is 0 Å². The maximum atomic E-state index is 12.4. The van der Waals surface area contributed by atoms with E-state index in [1.807, 2.05) is 17.3 Å². The number of urea groups is 1. The number of imidazole rings is 1. The fraction of sp³-hybridized carbons (Fsp3) is 0.733. The molecule has 0 bridgehead atoms. The van der Waals surface area contributed by atoms with Crippen LogP contribution in [-0.4, -0.2) is 33.6 Å². The van der Waals surface area contributed by atoms with Gasteiger partial charge in [-0.2, -0.15) is 0 Å². The maximum Gasteiger partial charge on any atom is 0.318 e. The van der Waals surface area contributed by atoms with Gasteiger partial charge < -0.3 is 14.8 Å². The number of carbonyl (C=O) groups excluding carboxylic acids is 1. The number of carbonyl (C=O) groups is 1. The van der Waals surface area contributed by atoms with Crippen LogP contribution in [0.15, 0.2) is 12.4 Å². The molecule has 0 unspecified atom stereocenters. The highest BCUT2D eigenvalue weighted by Gasteiger charge is 2.38. The Bertz CT molecular complexity index is 492. The predicted molar refractivity (Wildman–Crippen MR) is 77.3 cm³/mol. The van der Waals surface area contributed by atoms with Crippen molar-refractivity contribution in [3.63, 3.8) is 0 Å². The first-order valence-corrected chi connectivity index (χ1v) is 7.74. The summed E-state index contributed by atoms with van der Waals surface area (Å²) < 4.78 is 2.12. The molecule has 0 radical (unpaired) electrons. The molecule has 3 rings (SSSR count). The van der Waals surface area contributed by atoms with Crippen molar-refractivity contribution in [3.05, 3.63) is 18.2 Å². The first-order chi connectivity index (χ1) is 9.67. The normalized spacial score (nSPS) is 23.9. The minimum atomic E-state index is 0.0789. The molecule has 5 heteroatoms. The van der Waals surface area contributed by atoms with Crippen LogP contribution in [0.4, 0.5) is 4.79 Å². The Kier molecular flexibility index (Phi) is 3.44. The molecule has 1 aromatic rings. The van der Waals surface area contributed by atoms with Gasteiger partial charge in [0, 0.05) is 32.0 Å². The van der Waals surface area contributed by atoms with Crippen LogP contribution in [-0.2, 0) is 6.54 Å². The molecule has 20 heavy (non-hydrogen) atoms. The molecule has 1 saturated heterocycles. The van der Waals surface area contributed by atoms with Gasteiger partial charge in [-0.1, -0.05) is 13.8 Å². The van der Waals surface area contributed by atoms with Crippen molar-refractivity contribution in [2.75, 3.05) is 13.1 Å². The zero-order valence-electron chi connectivity index (χ0n) is 12.4. The number of nitrogens with one attached hydrogen (secondary N) is 1. The van der Waals surface area contributed by atoms with Crippen molar-refractivity contribution < 1.29 is 4.79 Å². The first kappa shape index (κ1) is 13.5. The van der Waals surface area contributed by atoms with E-state index in [4.69, 9.17) is 0 Å². The molecule has 0 spiro atoms. The van der Waals surface area contributed by atoms with Crippen LogP contribution in [0.1, 0.15) is 51.4 Å². The molecule has 0 aliphatic carbocycles. The second-order valence-corrected chi connectivity index (χ2v) is 6.15. The summed E-state index contributed by atoms with van der Waals surface area (Å²) in [6.45, 7) is 7.20. The SMILES string of the molecule is CCC1(CC)CCN(C(=O)N[C@H]2CCn3ccnc32)C1. The molecular formula is C15H24N4O. The van der Waals surface area contributed by atoms with Gasteiger partial charge in [0.2, 0.25) is 0 Å². The van der Waals surface area contributed by atoms with Crippen molar-refractivity contribution in [2.24, 2.45) is 5.41 Å². The van der Waals surface area contributed by atoms with Crippen LogP contribution in [0.25, 0.3) is 0 Å². The van der Waals surface area contributed by atoms with E-state index in [0.29, 0.717) is 5.41 Å². The summed E-state index contributed by atoms with van der Waals surface area (Å²) in [7, 11) is 0. The number of rotatable bonds is 3. The molecule has 5 nitrogen and oxygen atoms in total. The first-order valence-electron chi connectivity index (χ1n) is 7.74. The maximum absolute atomic E-state index is 12.4. The van der Waals surface area contributed by atoms with E-state index in [9.17, 15) is 4.79 Å². The van der Waals surface area contributed by atoms with Gasteiger partial charge in [0.25, 0.3) is 0 Å². The summed E-state index contributed by atoms with van der Waals surface area (Å²) in [5.74, 6) is 0.995. The van der Waals surface area contributed by atoms with E-state index in [2.05, 4.69) is 28.7 Å². The van der Waals surface area contributed by atoms with E-state index < -0.39 is 0 Å². The Labute approximate surface area is 120 Å². The van der Waals surface area contributed by atoms with E-state index in [0.717, 1.165) is 51.1 Å². The predicted octanol–water partition coefficient (Wildman–Crippen LogP) is 2.55. The molecule has 1 fully saturated rings. The highest BCUT2D eigenvalue weighted by molar-refractivity contribution is 5.75. The van der Waals surface area contributed by atoms with E-state index in [1.165, 1.54) is 0 Å². The van der Waals surface area contributed by atoms with Crippen LogP contribution < -0.4 is 5.32 Å². The smallest absolute Gasteiger partial charge is 0.318 e. The lowest BCUT2D eigenvalue weighted by molar-refractivity contribution is 0.192. The number of hydrogen-bond acceptors (Lipinski definition) is 2. The van der Waals surface area contributed by atoms with Crippen molar-refractivity contribution >= 4 is 6.03 Å². The lowest BCUT2D eigenvalue weighted by Crippen LogP contribution is -2.41. The molecule has 1 N–H and O–H groups in total. The summed E-state index contributed by atoms with van der Waals surface area (Å²) >= 11 is 0. The van der Waals surface area contributed by atoms with Crippen LogP contribution in [0.5, 0.6) is 0 Å². The minimum absolute atomic E-state index is 0.0789. The lowest BCUT2D eigenvalue weighted by atomic mass is 9.82. The quantitative estimate of drug-likeness (QED) is 0.922. The third-order valence-corrected chi connectivity index (χ3v) is 5.24. The van der Waals surface area contributed by atoms with Gasteiger partial charge in [0.05, 0.1) is 6.04 Å². The van der Waals surface area contributed by atoms with Gasteiger partial charge in [-0.25, -0.2) is 9.78 Å². The Morgan fingerprint density at radius 1 is 1.45 bits per heavy atom. The number of nitrogens with zero attached hydrogens (tertiary/aromatic N) is 3. The third kappa shape index (κ3) is 2.19. The molecule has 2 aliphatic heterocycles. The Morgan fingerprint density at radius 2 is 2.25 bits per heavy atom. The van der Waals surface area contributed by atoms with E-state index in [-0.39, 0.29) is 12.1 Å². The van der Waals surface area contributed by atoms with Crippen LogP contribution in [0.3, 0.4) is 0 Å². The zero-order chi connectivity index (χ0) is 14.2. The summed E-state index contributed by atoms with van der Waals surface area (Å²) in [4.78, 5) is 18.8. The fourth-order valence-electron chi connectivity index (χ4n) is 3.53. The van der Waals surface area contributed by atoms with Crippen LogP contribution in [0.2, 0.25) is 0 Å². The number of aromatic nitrogens is 2. The summed E-state index contributed by atoms with van der Waals surface area (Å²) in [6.07, 6.45) is 8.18. The molecule has 110 valence electrons. The highest BCUT2D eigenvalue weighted by atomic mass is 16.2. The Balaban J connectivity index is 1.61. The number of hydrogen-bond donors (Lipinski definition) is 1. The molecule has 1 aromatic heterocycles. The molecule has 0 aromatic carbocycles. The van der Waals surface area contributed by atoms with Gasteiger partial charge in [-0.05, 0) is 31.1 Å². The summed E-state index contributed by atoms with van der Waals surface area (Å²) in [5, 5.41) is 3.15. The second-order valence-electron chi connectivity index (χ2n) is 6.15. The topological polar surface area (TPSA) is 50.2 Å². The molecule has 2 amide bonds. The monoisotopic (exact) mass is 276 g/mol. The molecule has 1 atom stereocenters. The van der Waals surface area contributed by atoms with Gasteiger partial charge in [0.1, 0.15) is 5.82 Å². The van der Waals surface area contributed by atoms with Gasteiger partial charge in [-0.3, -0.25) is 0 Å². The van der Waals surface area contributed by atoms with Crippen LogP contribution in [0, 0.1) is 5.41 Å². The van der Waals surface area contributed by atoms with Crippen LogP contribution >= 0.6 is 0 Å².